The number of anilines is 2. The van der Waals surface area contributed by atoms with Crippen LogP contribution in [0, 0.1) is 19.7 Å². The van der Waals surface area contributed by atoms with Gasteiger partial charge in [-0.1, -0.05) is 11.6 Å². The molecular formula is C18H16ClFN8O. The summed E-state index contributed by atoms with van der Waals surface area (Å²) in [6, 6.07) is 1.39. The van der Waals surface area contributed by atoms with Crippen molar-refractivity contribution in [3.8, 4) is 11.6 Å². The summed E-state index contributed by atoms with van der Waals surface area (Å²) in [7, 11) is 0. The molecular weight excluding hydrogens is 399 g/mol. The van der Waals surface area contributed by atoms with Crippen molar-refractivity contribution in [1.29, 1.82) is 0 Å². The molecule has 0 amide bonds. The Morgan fingerprint density at radius 1 is 1.21 bits per heavy atom. The van der Waals surface area contributed by atoms with Gasteiger partial charge in [-0.25, -0.2) is 18.7 Å². The zero-order valence-corrected chi connectivity index (χ0v) is 16.4. The Labute approximate surface area is 169 Å². The number of nitrogens with one attached hydrogen (secondary N) is 1. The maximum absolute atomic E-state index is 13.8. The van der Waals surface area contributed by atoms with Gasteiger partial charge >= 0.3 is 0 Å². The molecule has 5 heterocycles. The van der Waals surface area contributed by atoms with Gasteiger partial charge in [0.25, 0.3) is 5.88 Å². The highest BCUT2D eigenvalue weighted by Gasteiger charge is 2.22. The number of aryl methyl sites for hydroxylation is 2. The number of pyridine rings is 1. The summed E-state index contributed by atoms with van der Waals surface area (Å²) in [6.45, 7) is 4.64. The first-order valence-corrected chi connectivity index (χ1v) is 9.40. The van der Waals surface area contributed by atoms with E-state index in [2.05, 4.69) is 30.5 Å². The molecule has 0 saturated heterocycles. The van der Waals surface area contributed by atoms with Crippen molar-refractivity contribution < 1.29 is 9.13 Å². The number of hydrogen-bond donors (Lipinski definition) is 1. The summed E-state index contributed by atoms with van der Waals surface area (Å²) >= 11 is 6.19. The lowest BCUT2D eigenvalue weighted by atomic mass is 10.3. The van der Waals surface area contributed by atoms with Gasteiger partial charge < -0.3 is 10.1 Å². The van der Waals surface area contributed by atoms with E-state index in [1.165, 1.54) is 12.3 Å². The van der Waals surface area contributed by atoms with Crippen molar-refractivity contribution in [2.24, 2.45) is 0 Å². The van der Waals surface area contributed by atoms with Crippen molar-refractivity contribution in [3.05, 3.63) is 40.8 Å². The number of fused-ring (bicyclic) bond motifs is 2. The van der Waals surface area contributed by atoms with Crippen LogP contribution in [0.25, 0.3) is 16.7 Å². The standard InChI is InChI=1S/C18H16ClFN8O/c1-9-13(6-11(20)7-21-9)28-10(2)14-17(26-28)29-5-3-4-27-16-12(15(19)25-27)8-22-18(23-14)24-16/h6-8H,3-5H2,1-2H3,(H,22,23,24). The van der Waals surface area contributed by atoms with Gasteiger partial charge in [0.15, 0.2) is 10.8 Å². The molecule has 1 aliphatic rings. The largest absolute Gasteiger partial charge is 0.475 e. The fourth-order valence-corrected chi connectivity index (χ4v) is 3.53. The molecule has 5 rings (SSSR count). The van der Waals surface area contributed by atoms with E-state index in [0.29, 0.717) is 70.3 Å². The van der Waals surface area contributed by atoms with E-state index in [1.807, 2.05) is 6.92 Å². The third-order valence-electron chi connectivity index (χ3n) is 4.77. The minimum Gasteiger partial charge on any atom is -0.475 e. The Balaban J connectivity index is 1.65. The minimum absolute atomic E-state index is 0.360. The second kappa shape index (κ2) is 6.66. The third-order valence-corrected chi connectivity index (χ3v) is 5.05. The number of aromatic nitrogens is 7. The van der Waals surface area contributed by atoms with Crippen LogP contribution in [0.2, 0.25) is 5.15 Å². The molecule has 4 aromatic rings. The lowest BCUT2D eigenvalue weighted by molar-refractivity contribution is 0.288. The molecule has 29 heavy (non-hydrogen) atoms. The zero-order valence-electron chi connectivity index (χ0n) is 15.6. The first-order valence-electron chi connectivity index (χ1n) is 9.02. The van der Waals surface area contributed by atoms with Crippen molar-refractivity contribution in [2.75, 3.05) is 11.9 Å². The van der Waals surface area contributed by atoms with Gasteiger partial charge in [0, 0.05) is 25.2 Å². The quantitative estimate of drug-likeness (QED) is 0.510. The lowest BCUT2D eigenvalue weighted by Crippen LogP contribution is -2.07. The highest BCUT2D eigenvalue weighted by molar-refractivity contribution is 6.34. The molecule has 1 N–H and O–H groups in total. The van der Waals surface area contributed by atoms with Crippen LogP contribution in [0.5, 0.6) is 5.88 Å². The van der Waals surface area contributed by atoms with Gasteiger partial charge in [-0.3, -0.25) is 4.98 Å². The summed E-state index contributed by atoms with van der Waals surface area (Å²) < 4.78 is 23.1. The van der Waals surface area contributed by atoms with E-state index >= 15 is 0 Å². The highest BCUT2D eigenvalue weighted by atomic mass is 35.5. The highest BCUT2D eigenvalue weighted by Crippen LogP contribution is 2.33. The normalized spacial score (nSPS) is 13.7. The summed E-state index contributed by atoms with van der Waals surface area (Å²) in [5.74, 6) is 0.303. The molecule has 148 valence electrons. The monoisotopic (exact) mass is 414 g/mol. The van der Waals surface area contributed by atoms with Crippen molar-refractivity contribution >= 4 is 34.3 Å². The van der Waals surface area contributed by atoms with Crippen LogP contribution in [-0.2, 0) is 6.54 Å². The predicted octanol–water partition coefficient (Wildman–Crippen LogP) is 3.34. The van der Waals surface area contributed by atoms with Gasteiger partial charge in [0.05, 0.1) is 35.3 Å². The molecule has 1 aliphatic heterocycles. The molecule has 11 heteroatoms. The second-order valence-electron chi connectivity index (χ2n) is 6.71. The SMILES string of the molecule is Cc1ncc(F)cc1-n1nc2c(c1C)Nc1ncc3c(Cl)nn(c3n1)CCCO2. The van der Waals surface area contributed by atoms with E-state index in [0.717, 1.165) is 0 Å². The number of halogens is 2. The van der Waals surface area contributed by atoms with Crippen LogP contribution in [0.3, 0.4) is 0 Å². The smallest absolute Gasteiger partial charge is 0.257 e. The molecule has 0 aromatic carbocycles. The molecule has 0 radical (unpaired) electrons. The van der Waals surface area contributed by atoms with Crippen LogP contribution in [-0.4, -0.2) is 41.1 Å². The summed E-state index contributed by atoms with van der Waals surface area (Å²) in [5.41, 5.74) is 3.14. The Kier molecular flexibility index (Phi) is 4.09. The third kappa shape index (κ3) is 2.96. The first-order chi connectivity index (χ1) is 14.0. The number of hydrogen-bond acceptors (Lipinski definition) is 7. The molecule has 0 unspecified atom stereocenters. The Bertz CT molecular complexity index is 1250. The molecule has 9 nitrogen and oxygen atoms in total. The van der Waals surface area contributed by atoms with Gasteiger partial charge in [0.1, 0.15) is 11.5 Å². The molecule has 0 saturated carbocycles. The maximum atomic E-state index is 13.8. The zero-order chi connectivity index (χ0) is 20.1. The van der Waals surface area contributed by atoms with Crippen LogP contribution >= 0.6 is 11.6 Å². The Morgan fingerprint density at radius 3 is 2.93 bits per heavy atom. The van der Waals surface area contributed by atoms with Gasteiger partial charge in [0.2, 0.25) is 5.95 Å². The number of rotatable bonds is 1. The van der Waals surface area contributed by atoms with Crippen molar-refractivity contribution in [2.45, 2.75) is 26.8 Å². The van der Waals surface area contributed by atoms with E-state index < -0.39 is 5.82 Å². The van der Waals surface area contributed by atoms with Crippen LogP contribution in [0.4, 0.5) is 16.0 Å². The van der Waals surface area contributed by atoms with Crippen LogP contribution in [0.1, 0.15) is 17.8 Å². The van der Waals surface area contributed by atoms with E-state index in [1.54, 1.807) is 22.5 Å². The summed E-state index contributed by atoms with van der Waals surface area (Å²) in [4.78, 5) is 13.0. The number of nitrogens with zero attached hydrogens (tertiary/aromatic N) is 7. The predicted molar refractivity (Wildman–Crippen MR) is 105 cm³/mol. The Hall–Kier alpha value is -3.27. The maximum Gasteiger partial charge on any atom is 0.257 e. The average molecular weight is 415 g/mol. The van der Waals surface area contributed by atoms with E-state index in [-0.39, 0.29) is 0 Å². The average Bonchev–Trinajstić information content (AvgIpc) is 3.17. The van der Waals surface area contributed by atoms with Gasteiger partial charge in [-0.2, -0.15) is 10.1 Å². The van der Waals surface area contributed by atoms with Gasteiger partial charge in [-0.05, 0) is 13.8 Å². The number of ether oxygens (including phenoxy) is 1. The van der Waals surface area contributed by atoms with Crippen molar-refractivity contribution in [3.63, 3.8) is 0 Å². The van der Waals surface area contributed by atoms with Crippen LogP contribution < -0.4 is 10.1 Å². The summed E-state index contributed by atoms with van der Waals surface area (Å²) in [5, 5.41) is 13.1. The molecule has 0 atom stereocenters. The Morgan fingerprint density at radius 2 is 2.07 bits per heavy atom. The molecule has 0 aliphatic carbocycles. The second-order valence-corrected chi connectivity index (χ2v) is 7.07. The van der Waals surface area contributed by atoms with Gasteiger partial charge in [-0.15, -0.1) is 5.10 Å². The van der Waals surface area contributed by atoms with E-state index in [4.69, 9.17) is 16.3 Å². The molecule has 0 fully saturated rings. The molecule has 4 aromatic heterocycles. The molecule has 0 spiro atoms. The first kappa shape index (κ1) is 17.8. The topological polar surface area (TPSA) is 95.6 Å². The van der Waals surface area contributed by atoms with E-state index in [9.17, 15) is 4.39 Å². The minimum atomic E-state index is -0.439. The fraction of sp³-hybridized carbons (Fsp3) is 0.278. The summed E-state index contributed by atoms with van der Waals surface area (Å²) in [6.07, 6.45) is 3.49. The lowest BCUT2D eigenvalue weighted by Gasteiger charge is -2.08. The van der Waals surface area contributed by atoms with Crippen molar-refractivity contribution in [1.82, 2.24) is 34.5 Å². The van der Waals surface area contributed by atoms with Crippen LogP contribution in [0.15, 0.2) is 18.5 Å². The fourth-order valence-electron chi connectivity index (χ4n) is 3.30. The molecule has 2 bridgehead atoms.